The van der Waals surface area contributed by atoms with E-state index in [1.54, 1.807) is 18.2 Å². The molecule has 0 spiro atoms. The van der Waals surface area contributed by atoms with E-state index >= 15 is 0 Å². The molecule has 0 atom stereocenters. The van der Waals surface area contributed by atoms with E-state index in [2.05, 4.69) is 31.9 Å². The number of ether oxygens (including phenoxy) is 1. The lowest BCUT2D eigenvalue weighted by Gasteiger charge is -2.12. The number of alkyl halides is 3. The Hall–Kier alpha value is -0.720. The zero-order valence-corrected chi connectivity index (χ0v) is 13.6. The Balaban J connectivity index is 2.33. The van der Waals surface area contributed by atoms with Crippen molar-refractivity contribution in [2.75, 3.05) is 0 Å². The zero-order valence-electron chi connectivity index (χ0n) is 9.64. The minimum absolute atomic E-state index is 0.198. The fourth-order valence-electron chi connectivity index (χ4n) is 1.43. The predicted octanol–water partition coefficient (Wildman–Crippen LogP) is 6.68. The Morgan fingerprint density at radius 3 is 2.25 bits per heavy atom. The molecule has 2 aromatic carbocycles. The van der Waals surface area contributed by atoms with Crippen molar-refractivity contribution in [2.45, 2.75) is 6.18 Å². The highest BCUT2D eigenvalue weighted by molar-refractivity contribution is 9.10. The summed E-state index contributed by atoms with van der Waals surface area (Å²) in [5.74, 6) is 0.597. The van der Waals surface area contributed by atoms with Gasteiger partial charge < -0.3 is 4.74 Å². The van der Waals surface area contributed by atoms with Crippen LogP contribution in [0, 0.1) is 0 Å². The molecular weight excluding hydrogens is 424 g/mol. The number of rotatable bonds is 2. The van der Waals surface area contributed by atoms with E-state index in [4.69, 9.17) is 16.3 Å². The van der Waals surface area contributed by atoms with Crippen molar-refractivity contribution in [2.24, 2.45) is 0 Å². The van der Waals surface area contributed by atoms with Gasteiger partial charge in [0.1, 0.15) is 11.5 Å². The molecule has 0 saturated carbocycles. The summed E-state index contributed by atoms with van der Waals surface area (Å²) >= 11 is 12.3. The van der Waals surface area contributed by atoms with Gasteiger partial charge in [-0.3, -0.25) is 0 Å². The Labute approximate surface area is 135 Å². The quantitative estimate of drug-likeness (QED) is 0.517. The number of hydrogen-bond donors (Lipinski definition) is 0. The van der Waals surface area contributed by atoms with Gasteiger partial charge >= 0.3 is 6.18 Å². The van der Waals surface area contributed by atoms with Crippen molar-refractivity contribution in [3.63, 3.8) is 0 Å². The Bertz CT molecular complexity index is 644. The first kappa shape index (κ1) is 15.7. The Morgan fingerprint density at radius 2 is 1.65 bits per heavy atom. The first-order valence-electron chi connectivity index (χ1n) is 5.27. The maximum atomic E-state index is 12.6. The molecule has 7 heteroatoms. The average molecular weight is 430 g/mol. The molecule has 0 radical (unpaired) electrons. The molecule has 20 heavy (non-hydrogen) atoms. The van der Waals surface area contributed by atoms with E-state index in [0.29, 0.717) is 10.8 Å². The molecule has 0 N–H and O–H groups in total. The van der Waals surface area contributed by atoms with Crippen molar-refractivity contribution >= 4 is 43.5 Å². The van der Waals surface area contributed by atoms with Crippen LogP contribution in [0.15, 0.2) is 45.3 Å². The summed E-state index contributed by atoms with van der Waals surface area (Å²) < 4.78 is 44.1. The molecule has 0 aliphatic heterocycles. The summed E-state index contributed by atoms with van der Waals surface area (Å²) in [6, 6.07) is 8.14. The average Bonchev–Trinajstić information content (AvgIpc) is 2.35. The first-order chi connectivity index (χ1) is 9.27. The second kappa shape index (κ2) is 5.95. The minimum atomic E-state index is -4.39. The third-order valence-electron chi connectivity index (χ3n) is 2.37. The van der Waals surface area contributed by atoms with Crippen LogP contribution in [-0.4, -0.2) is 0 Å². The Kier molecular flexibility index (Phi) is 4.66. The summed E-state index contributed by atoms with van der Waals surface area (Å²) in [7, 11) is 0. The van der Waals surface area contributed by atoms with Crippen molar-refractivity contribution in [1.82, 2.24) is 0 Å². The molecule has 0 amide bonds. The van der Waals surface area contributed by atoms with Crippen LogP contribution in [0.2, 0.25) is 5.02 Å². The zero-order chi connectivity index (χ0) is 14.9. The van der Waals surface area contributed by atoms with Gasteiger partial charge in [0.15, 0.2) is 0 Å². The summed E-state index contributed by atoms with van der Waals surface area (Å²) in [5, 5.41) is 0.361. The van der Waals surface area contributed by atoms with Gasteiger partial charge in [-0.15, -0.1) is 0 Å². The van der Waals surface area contributed by atoms with Crippen LogP contribution in [0.25, 0.3) is 0 Å². The highest BCUT2D eigenvalue weighted by Crippen LogP contribution is 2.38. The van der Waals surface area contributed by atoms with Crippen LogP contribution in [0.5, 0.6) is 11.5 Å². The second-order valence-electron chi connectivity index (χ2n) is 3.82. The van der Waals surface area contributed by atoms with E-state index < -0.39 is 11.7 Å². The van der Waals surface area contributed by atoms with E-state index in [0.717, 1.165) is 16.6 Å². The van der Waals surface area contributed by atoms with Crippen LogP contribution in [0.4, 0.5) is 13.2 Å². The summed E-state index contributed by atoms with van der Waals surface area (Å²) in [6.45, 7) is 0. The van der Waals surface area contributed by atoms with Crippen LogP contribution in [0.1, 0.15) is 5.56 Å². The molecule has 2 aromatic rings. The standard InChI is InChI=1S/C13H6Br2ClF3O/c14-8-2-3-10(16)12(6-8)20-11-4-1-7(5-9(11)15)13(17,18)19/h1-6H. The van der Waals surface area contributed by atoms with Gasteiger partial charge in [-0.2, -0.15) is 13.2 Å². The molecule has 0 fully saturated rings. The summed E-state index contributed by atoms with van der Waals surface area (Å²) in [4.78, 5) is 0. The van der Waals surface area contributed by atoms with E-state index in [1.807, 2.05) is 0 Å². The molecule has 0 heterocycles. The molecule has 0 aliphatic carbocycles. The predicted molar refractivity (Wildman–Crippen MR) is 78.4 cm³/mol. The number of benzene rings is 2. The van der Waals surface area contributed by atoms with E-state index in [-0.39, 0.29) is 10.2 Å². The SMILES string of the molecule is FC(F)(F)c1ccc(Oc2cc(Br)ccc2Cl)c(Br)c1. The molecule has 0 unspecified atom stereocenters. The fourth-order valence-corrected chi connectivity index (χ4v) is 2.39. The van der Waals surface area contributed by atoms with E-state index in [9.17, 15) is 13.2 Å². The lowest BCUT2D eigenvalue weighted by molar-refractivity contribution is -0.137. The molecule has 2 rings (SSSR count). The fraction of sp³-hybridized carbons (Fsp3) is 0.0769. The third kappa shape index (κ3) is 3.68. The van der Waals surface area contributed by atoms with E-state index in [1.165, 1.54) is 6.07 Å². The van der Waals surface area contributed by atoms with Crippen LogP contribution in [-0.2, 0) is 6.18 Å². The lowest BCUT2D eigenvalue weighted by Crippen LogP contribution is -2.04. The molecule has 0 bridgehead atoms. The molecule has 0 saturated heterocycles. The highest BCUT2D eigenvalue weighted by atomic mass is 79.9. The molecule has 0 aromatic heterocycles. The molecule has 0 aliphatic rings. The molecular formula is C13H6Br2ClF3O. The van der Waals surface area contributed by atoms with Crippen molar-refractivity contribution in [1.29, 1.82) is 0 Å². The van der Waals surface area contributed by atoms with Gasteiger partial charge in [0.25, 0.3) is 0 Å². The van der Waals surface area contributed by atoms with Gasteiger partial charge in [-0.05, 0) is 52.3 Å². The largest absolute Gasteiger partial charge is 0.455 e. The smallest absolute Gasteiger partial charge is 0.416 e. The lowest BCUT2D eigenvalue weighted by atomic mass is 10.2. The second-order valence-corrected chi connectivity index (χ2v) is 6.00. The Morgan fingerprint density at radius 1 is 0.950 bits per heavy atom. The van der Waals surface area contributed by atoms with Crippen LogP contribution < -0.4 is 4.74 Å². The van der Waals surface area contributed by atoms with Gasteiger partial charge in [0.05, 0.1) is 15.1 Å². The van der Waals surface area contributed by atoms with Gasteiger partial charge in [-0.1, -0.05) is 27.5 Å². The van der Waals surface area contributed by atoms with Crippen LogP contribution >= 0.6 is 43.5 Å². The summed E-state index contributed by atoms with van der Waals surface area (Å²) in [6.07, 6.45) is -4.39. The number of hydrogen-bond acceptors (Lipinski definition) is 1. The van der Waals surface area contributed by atoms with Gasteiger partial charge in [-0.25, -0.2) is 0 Å². The van der Waals surface area contributed by atoms with Gasteiger partial charge in [0.2, 0.25) is 0 Å². The van der Waals surface area contributed by atoms with Crippen molar-refractivity contribution in [3.05, 3.63) is 55.9 Å². The van der Waals surface area contributed by atoms with Gasteiger partial charge in [0, 0.05) is 4.47 Å². The monoisotopic (exact) mass is 428 g/mol. The maximum absolute atomic E-state index is 12.6. The highest BCUT2D eigenvalue weighted by Gasteiger charge is 2.31. The first-order valence-corrected chi connectivity index (χ1v) is 7.23. The third-order valence-corrected chi connectivity index (χ3v) is 3.80. The summed E-state index contributed by atoms with van der Waals surface area (Å²) in [5.41, 5.74) is -0.753. The van der Waals surface area contributed by atoms with Crippen molar-refractivity contribution < 1.29 is 17.9 Å². The topological polar surface area (TPSA) is 9.23 Å². The normalized spacial score (nSPS) is 11.5. The number of halogens is 6. The molecule has 1 nitrogen and oxygen atoms in total. The van der Waals surface area contributed by atoms with Crippen molar-refractivity contribution in [3.8, 4) is 11.5 Å². The minimum Gasteiger partial charge on any atom is -0.455 e. The molecule has 106 valence electrons. The maximum Gasteiger partial charge on any atom is 0.416 e. The van der Waals surface area contributed by atoms with Crippen LogP contribution in [0.3, 0.4) is 0 Å².